The maximum atomic E-state index is 12.2. The number of alkyl carbamates (subject to hydrolysis) is 1. The number of aliphatic hydroxyl groups excluding tert-OH is 2. The normalized spacial score (nSPS) is 14.4. The molecule has 3 aromatic carbocycles. The number of fused-ring (bicyclic) bond motifs is 3. The van der Waals surface area contributed by atoms with Crippen LogP contribution in [0.5, 0.6) is 5.75 Å². The zero-order valence-electron chi connectivity index (χ0n) is 16.8. The van der Waals surface area contributed by atoms with E-state index in [1.165, 1.54) is 12.1 Å². The Balaban J connectivity index is 1.35. The van der Waals surface area contributed by atoms with Crippen LogP contribution in [0.2, 0.25) is 10.0 Å². The highest BCUT2D eigenvalue weighted by atomic mass is 35.5. The maximum absolute atomic E-state index is 12.2. The van der Waals surface area contributed by atoms with E-state index in [-0.39, 0.29) is 40.4 Å². The molecule has 4 rings (SSSR count). The average Bonchev–Trinajstić information content (AvgIpc) is 3.12. The van der Waals surface area contributed by atoms with E-state index in [2.05, 4.69) is 5.32 Å². The Morgan fingerprint density at radius 1 is 0.969 bits per heavy atom. The van der Waals surface area contributed by atoms with Crippen LogP contribution < -0.4 is 5.32 Å². The summed E-state index contributed by atoms with van der Waals surface area (Å²) in [5.41, 5.74) is 4.65. The van der Waals surface area contributed by atoms with Gasteiger partial charge in [0, 0.05) is 12.5 Å². The number of carbonyl (C=O) groups is 1. The van der Waals surface area contributed by atoms with E-state index in [0.29, 0.717) is 0 Å². The second-order valence-electron chi connectivity index (χ2n) is 7.55. The molecule has 0 radical (unpaired) electrons. The fourth-order valence-corrected chi connectivity index (χ4v) is 4.43. The Kier molecular flexibility index (Phi) is 6.58. The molecule has 1 amide bonds. The number of ether oxygens (including phenoxy) is 1. The van der Waals surface area contributed by atoms with Gasteiger partial charge in [0.2, 0.25) is 0 Å². The molecule has 1 aliphatic rings. The topological polar surface area (TPSA) is 99.0 Å². The molecule has 2 atom stereocenters. The van der Waals surface area contributed by atoms with Crippen LogP contribution in [-0.4, -0.2) is 40.7 Å². The molecular weight excluding hydrogens is 453 g/mol. The number of phenols is 1. The monoisotopic (exact) mass is 473 g/mol. The van der Waals surface area contributed by atoms with E-state index in [9.17, 15) is 20.1 Å². The van der Waals surface area contributed by atoms with E-state index >= 15 is 0 Å². The minimum absolute atomic E-state index is 0.0526. The molecule has 4 N–H and O–H groups in total. The number of amides is 1. The molecule has 2 unspecified atom stereocenters. The first kappa shape index (κ1) is 22.4. The minimum atomic E-state index is -1.38. The summed E-state index contributed by atoms with van der Waals surface area (Å²) < 4.78 is 5.41. The maximum Gasteiger partial charge on any atom is 0.407 e. The van der Waals surface area contributed by atoms with Crippen LogP contribution in [0.25, 0.3) is 11.1 Å². The SMILES string of the molecule is O=C(NCC(O)C(O)c1cc(Cl)c(O)c(Cl)c1)OCC1c2ccccc2-c2ccccc21. The van der Waals surface area contributed by atoms with Crippen molar-refractivity contribution in [2.24, 2.45) is 0 Å². The summed E-state index contributed by atoms with van der Waals surface area (Å²) in [7, 11) is 0. The number of benzene rings is 3. The van der Waals surface area contributed by atoms with Gasteiger partial charge in [0.05, 0.1) is 10.0 Å². The molecule has 6 nitrogen and oxygen atoms in total. The number of nitrogens with one attached hydrogen (secondary N) is 1. The molecule has 0 bridgehead atoms. The number of aliphatic hydroxyl groups is 2. The molecule has 32 heavy (non-hydrogen) atoms. The lowest BCUT2D eigenvalue weighted by Crippen LogP contribution is -2.36. The first-order valence-electron chi connectivity index (χ1n) is 9.99. The average molecular weight is 474 g/mol. The molecule has 0 spiro atoms. The summed E-state index contributed by atoms with van der Waals surface area (Å²) in [6.07, 6.45) is -3.42. The van der Waals surface area contributed by atoms with Crippen molar-refractivity contribution in [3.63, 3.8) is 0 Å². The van der Waals surface area contributed by atoms with E-state index < -0.39 is 18.3 Å². The van der Waals surface area contributed by atoms with Crippen molar-refractivity contribution < 1.29 is 24.9 Å². The van der Waals surface area contributed by atoms with Crippen molar-refractivity contribution in [1.82, 2.24) is 5.32 Å². The fraction of sp³-hybridized carbons (Fsp3) is 0.208. The van der Waals surface area contributed by atoms with Gasteiger partial charge in [-0.3, -0.25) is 0 Å². The molecule has 8 heteroatoms. The molecule has 0 heterocycles. The molecular formula is C24H21Cl2NO5. The lowest BCUT2D eigenvalue weighted by molar-refractivity contribution is 0.0185. The van der Waals surface area contributed by atoms with Gasteiger partial charge in [-0.1, -0.05) is 71.7 Å². The molecule has 166 valence electrons. The third kappa shape index (κ3) is 4.40. The molecule has 0 saturated heterocycles. The van der Waals surface area contributed by atoms with Gasteiger partial charge < -0.3 is 25.4 Å². The van der Waals surface area contributed by atoms with Crippen molar-refractivity contribution in [3.8, 4) is 16.9 Å². The van der Waals surface area contributed by atoms with Crippen LogP contribution >= 0.6 is 23.2 Å². The first-order valence-corrected chi connectivity index (χ1v) is 10.7. The first-order chi connectivity index (χ1) is 15.4. The quantitative estimate of drug-likeness (QED) is 0.418. The van der Waals surface area contributed by atoms with Gasteiger partial charge in [-0.15, -0.1) is 0 Å². The van der Waals surface area contributed by atoms with E-state index in [4.69, 9.17) is 27.9 Å². The highest BCUT2D eigenvalue weighted by molar-refractivity contribution is 6.37. The van der Waals surface area contributed by atoms with E-state index in [0.717, 1.165) is 22.3 Å². The summed E-state index contributed by atoms with van der Waals surface area (Å²) >= 11 is 11.7. The number of aromatic hydroxyl groups is 1. The Morgan fingerprint density at radius 2 is 1.50 bits per heavy atom. The molecule has 0 fully saturated rings. The molecule has 1 aliphatic carbocycles. The van der Waals surface area contributed by atoms with Crippen molar-refractivity contribution in [3.05, 3.63) is 87.4 Å². The minimum Gasteiger partial charge on any atom is -0.505 e. The van der Waals surface area contributed by atoms with Crippen molar-refractivity contribution in [2.75, 3.05) is 13.2 Å². The Morgan fingerprint density at radius 3 is 2.06 bits per heavy atom. The summed E-state index contributed by atoms with van der Waals surface area (Å²) in [6.45, 7) is -0.115. The van der Waals surface area contributed by atoms with Gasteiger partial charge in [0.25, 0.3) is 0 Å². The van der Waals surface area contributed by atoms with Crippen LogP contribution in [0.4, 0.5) is 4.79 Å². The zero-order valence-corrected chi connectivity index (χ0v) is 18.3. The van der Waals surface area contributed by atoms with E-state index in [1.54, 1.807) is 0 Å². The summed E-state index contributed by atoms with van der Waals surface area (Å²) in [4.78, 5) is 12.2. The summed E-state index contributed by atoms with van der Waals surface area (Å²) in [6, 6.07) is 18.6. The summed E-state index contributed by atoms with van der Waals surface area (Å²) in [5.74, 6) is -0.388. The van der Waals surface area contributed by atoms with Crippen LogP contribution in [0.15, 0.2) is 60.7 Å². The van der Waals surface area contributed by atoms with Gasteiger partial charge in [0.15, 0.2) is 5.75 Å². The molecule has 0 aliphatic heterocycles. The Hall–Kier alpha value is -2.77. The second-order valence-corrected chi connectivity index (χ2v) is 8.37. The number of rotatable bonds is 6. The van der Waals surface area contributed by atoms with Crippen molar-refractivity contribution in [2.45, 2.75) is 18.1 Å². The number of hydrogen-bond donors (Lipinski definition) is 4. The zero-order chi connectivity index (χ0) is 22.8. The van der Waals surface area contributed by atoms with Crippen LogP contribution in [0.1, 0.15) is 28.7 Å². The second kappa shape index (κ2) is 9.38. The number of halogens is 2. The highest BCUT2D eigenvalue weighted by Crippen LogP contribution is 2.44. The third-order valence-corrected chi connectivity index (χ3v) is 6.12. The van der Waals surface area contributed by atoms with E-state index in [1.807, 2.05) is 48.5 Å². The smallest absolute Gasteiger partial charge is 0.407 e. The van der Waals surface area contributed by atoms with Gasteiger partial charge in [-0.2, -0.15) is 0 Å². The molecule has 3 aromatic rings. The van der Waals surface area contributed by atoms with Gasteiger partial charge in [-0.25, -0.2) is 4.79 Å². The van der Waals surface area contributed by atoms with Gasteiger partial charge >= 0.3 is 6.09 Å². The van der Waals surface area contributed by atoms with Crippen molar-refractivity contribution in [1.29, 1.82) is 0 Å². The number of phenolic OH excluding ortho intramolecular Hbond substituents is 1. The predicted octanol–water partition coefficient (Wildman–Crippen LogP) is 4.63. The summed E-state index contributed by atoms with van der Waals surface area (Å²) in [5, 5.41) is 32.5. The fourth-order valence-electron chi connectivity index (χ4n) is 3.93. The van der Waals surface area contributed by atoms with Crippen molar-refractivity contribution >= 4 is 29.3 Å². The number of hydrogen-bond acceptors (Lipinski definition) is 5. The lowest BCUT2D eigenvalue weighted by atomic mass is 9.98. The van der Waals surface area contributed by atoms with Crippen LogP contribution in [-0.2, 0) is 4.74 Å². The standard InChI is InChI=1S/C24H21Cl2NO5/c25-19-9-13(10-20(26)23(19)30)22(29)21(28)11-27-24(31)32-12-18-16-7-3-1-5-14(16)15-6-2-4-8-17(15)18/h1-10,18,21-22,28-30H,11-12H2,(H,27,31). The molecule has 0 saturated carbocycles. The Labute approximate surface area is 195 Å². The largest absolute Gasteiger partial charge is 0.505 e. The van der Waals surface area contributed by atoms with Crippen LogP contribution in [0, 0.1) is 0 Å². The lowest BCUT2D eigenvalue weighted by Gasteiger charge is -2.20. The highest BCUT2D eigenvalue weighted by Gasteiger charge is 2.29. The third-order valence-electron chi connectivity index (χ3n) is 5.54. The van der Waals surface area contributed by atoms with Crippen LogP contribution in [0.3, 0.4) is 0 Å². The predicted molar refractivity (Wildman–Crippen MR) is 122 cm³/mol. The number of carbonyl (C=O) groups excluding carboxylic acids is 1. The van der Waals surface area contributed by atoms with Gasteiger partial charge in [0.1, 0.15) is 18.8 Å². The molecule has 0 aromatic heterocycles. The van der Waals surface area contributed by atoms with Gasteiger partial charge in [-0.05, 0) is 39.9 Å². The Bertz CT molecular complexity index is 1080.